The van der Waals surface area contributed by atoms with E-state index in [1.807, 2.05) is 12.3 Å². The van der Waals surface area contributed by atoms with Gasteiger partial charge in [-0.3, -0.25) is 4.98 Å². The average molecular weight is 381 g/mol. The van der Waals surface area contributed by atoms with Gasteiger partial charge in [-0.25, -0.2) is 0 Å². The number of halogens is 1. The van der Waals surface area contributed by atoms with E-state index in [-0.39, 0.29) is 12.1 Å². The van der Waals surface area contributed by atoms with Gasteiger partial charge < -0.3 is 10.1 Å². The minimum absolute atomic E-state index is 0.137. The van der Waals surface area contributed by atoms with Gasteiger partial charge in [0.05, 0.1) is 17.7 Å². The maximum atomic E-state index is 6.19. The van der Waals surface area contributed by atoms with Crippen LogP contribution in [0, 0.1) is 5.92 Å². The van der Waals surface area contributed by atoms with Crippen LogP contribution in [-0.4, -0.2) is 11.6 Å². The van der Waals surface area contributed by atoms with Gasteiger partial charge in [0.1, 0.15) is 0 Å². The van der Waals surface area contributed by atoms with Gasteiger partial charge in [0, 0.05) is 39.8 Å². The number of nitrogens with one attached hydrogen (secondary N) is 1. The molecule has 1 unspecified atom stereocenters. The third-order valence-corrected chi connectivity index (χ3v) is 5.69. The van der Waals surface area contributed by atoms with Crippen molar-refractivity contribution in [1.82, 2.24) is 4.98 Å². The molecule has 3 nitrogen and oxygen atoms in total. The largest absolute Gasteiger partial charge is 0.378 e. The monoisotopic (exact) mass is 380 g/mol. The summed E-state index contributed by atoms with van der Waals surface area (Å²) in [4.78, 5) is 4.50. The third kappa shape index (κ3) is 2.17. The fourth-order valence-electron chi connectivity index (χ4n) is 4.16. The van der Waals surface area contributed by atoms with Gasteiger partial charge in [0.2, 0.25) is 0 Å². The second-order valence-corrected chi connectivity index (χ2v) is 7.43. The van der Waals surface area contributed by atoms with E-state index >= 15 is 0 Å². The van der Waals surface area contributed by atoms with Crippen LogP contribution >= 0.6 is 15.9 Å². The fourth-order valence-corrected chi connectivity index (χ4v) is 4.57. The van der Waals surface area contributed by atoms with Gasteiger partial charge in [-0.05, 0) is 42.3 Å². The Bertz CT molecular complexity index is 926. The summed E-state index contributed by atoms with van der Waals surface area (Å²) in [6.07, 6.45) is 3.06. The molecule has 24 heavy (non-hydrogen) atoms. The van der Waals surface area contributed by atoms with E-state index in [1.165, 1.54) is 22.2 Å². The fraction of sp³-hybridized carbons (Fsp3) is 0.250. The van der Waals surface area contributed by atoms with Crippen LogP contribution in [0.25, 0.3) is 10.9 Å². The summed E-state index contributed by atoms with van der Waals surface area (Å²) in [6.45, 7) is 0.817. The van der Waals surface area contributed by atoms with Crippen molar-refractivity contribution in [3.05, 3.63) is 70.3 Å². The number of benzene rings is 2. The Kier molecular flexibility index (Phi) is 3.35. The smallest absolute Gasteiger partial charge is 0.0903 e. The second kappa shape index (κ2) is 5.57. The molecule has 2 aliphatic heterocycles. The number of nitrogens with zero attached hydrogens (tertiary/aromatic N) is 1. The third-order valence-electron chi connectivity index (χ3n) is 5.20. The number of anilines is 1. The first-order chi connectivity index (χ1) is 11.8. The molecule has 1 aromatic heterocycles. The molecule has 2 aromatic carbocycles. The zero-order valence-electron chi connectivity index (χ0n) is 13.1. The molecule has 3 aromatic rings. The highest BCUT2D eigenvalue weighted by Crippen LogP contribution is 2.51. The quantitative estimate of drug-likeness (QED) is 0.626. The molecule has 0 spiro atoms. The zero-order valence-corrected chi connectivity index (χ0v) is 14.7. The van der Waals surface area contributed by atoms with E-state index in [9.17, 15) is 0 Å². The van der Waals surface area contributed by atoms with Gasteiger partial charge in [0.15, 0.2) is 0 Å². The first kappa shape index (κ1) is 14.4. The minimum atomic E-state index is 0.137. The van der Waals surface area contributed by atoms with Crippen molar-refractivity contribution in [2.24, 2.45) is 5.92 Å². The van der Waals surface area contributed by atoms with Crippen molar-refractivity contribution in [2.45, 2.75) is 18.6 Å². The lowest BCUT2D eigenvalue weighted by atomic mass is 9.80. The Morgan fingerprint density at radius 2 is 2.08 bits per heavy atom. The summed E-state index contributed by atoms with van der Waals surface area (Å²) in [5, 5.41) is 4.98. The van der Waals surface area contributed by atoms with E-state index in [4.69, 9.17) is 4.74 Å². The van der Waals surface area contributed by atoms with Gasteiger partial charge in [-0.15, -0.1) is 0 Å². The number of ether oxygens (including phenoxy) is 1. The zero-order chi connectivity index (χ0) is 16.1. The molecule has 0 radical (unpaired) electrons. The Balaban J connectivity index is 1.68. The summed E-state index contributed by atoms with van der Waals surface area (Å²) < 4.78 is 7.31. The van der Waals surface area contributed by atoms with Gasteiger partial charge >= 0.3 is 0 Å². The number of rotatable bonds is 1. The maximum absolute atomic E-state index is 6.19. The van der Waals surface area contributed by atoms with Crippen LogP contribution in [0.3, 0.4) is 0 Å². The minimum Gasteiger partial charge on any atom is -0.378 e. The molecule has 0 amide bonds. The van der Waals surface area contributed by atoms with Crippen LogP contribution in [-0.2, 0) is 4.74 Å². The predicted molar refractivity (Wildman–Crippen MR) is 99.0 cm³/mol. The van der Waals surface area contributed by atoms with E-state index in [2.05, 4.69) is 68.7 Å². The van der Waals surface area contributed by atoms with Crippen LogP contribution < -0.4 is 5.32 Å². The SMILES string of the molecule is Brc1cccc(C2Nc3ccc4ncccc4c3[C@H]3OCC[C@@H]23)c1. The van der Waals surface area contributed by atoms with Crippen LogP contribution in [0.1, 0.15) is 29.7 Å². The molecule has 1 saturated heterocycles. The van der Waals surface area contributed by atoms with Gasteiger partial charge in [0.25, 0.3) is 0 Å². The maximum Gasteiger partial charge on any atom is 0.0903 e. The first-order valence-corrected chi connectivity index (χ1v) is 9.12. The lowest BCUT2D eigenvalue weighted by Gasteiger charge is -2.37. The Morgan fingerprint density at radius 3 is 3.00 bits per heavy atom. The van der Waals surface area contributed by atoms with E-state index < -0.39 is 0 Å². The molecule has 4 heteroatoms. The van der Waals surface area contributed by atoms with E-state index in [0.717, 1.165) is 23.0 Å². The summed E-state index contributed by atoms with van der Waals surface area (Å²) in [7, 11) is 0. The van der Waals surface area contributed by atoms with Gasteiger partial charge in [-0.2, -0.15) is 0 Å². The molecule has 2 aliphatic rings. The molecular formula is C20H17BrN2O. The van der Waals surface area contributed by atoms with E-state index in [0.29, 0.717) is 5.92 Å². The summed E-state index contributed by atoms with van der Waals surface area (Å²) in [5.74, 6) is 0.442. The van der Waals surface area contributed by atoms with Crippen molar-refractivity contribution in [1.29, 1.82) is 0 Å². The van der Waals surface area contributed by atoms with Gasteiger partial charge in [-0.1, -0.05) is 34.1 Å². The Hall–Kier alpha value is -1.91. The summed E-state index contributed by atoms with van der Waals surface area (Å²) in [5.41, 5.74) is 4.79. The number of hydrogen-bond donors (Lipinski definition) is 1. The highest BCUT2D eigenvalue weighted by Gasteiger charge is 2.42. The topological polar surface area (TPSA) is 34.2 Å². The molecule has 1 fully saturated rings. The normalized spacial score (nSPS) is 25.1. The van der Waals surface area contributed by atoms with Crippen molar-refractivity contribution in [2.75, 3.05) is 11.9 Å². The number of hydrogen-bond acceptors (Lipinski definition) is 3. The second-order valence-electron chi connectivity index (χ2n) is 6.52. The molecule has 3 atom stereocenters. The number of fused-ring (bicyclic) bond motifs is 5. The number of aromatic nitrogens is 1. The van der Waals surface area contributed by atoms with Crippen LogP contribution in [0.5, 0.6) is 0 Å². The Morgan fingerprint density at radius 1 is 1.12 bits per heavy atom. The highest BCUT2D eigenvalue weighted by molar-refractivity contribution is 9.10. The standard InChI is InChI=1S/C20H17BrN2O/c21-13-4-1-3-12(11-13)19-15-8-10-24-20(15)18-14-5-2-9-22-16(14)6-7-17(18)23-19/h1-7,9,11,15,19-20,23H,8,10H2/t15-,19?,20-/m0/s1. The summed E-state index contributed by atoms with van der Waals surface area (Å²) in [6, 6.07) is 17.3. The molecule has 3 heterocycles. The molecule has 0 bridgehead atoms. The average Bonchev–Trinajstić information content (AvgIpc) is 3.10. The molecule has 5 rings (SSSR count). The Labute approximate surface area is 149 Å². The van der Waals surface area contributed by atoms with Crippen LogP contribution in [0.15, 0.2) is 59.2 Å². The van der Waals surface area contributed by atoms with Crippen molar-refractivity contribution < 1.29 is 4.74 Å². The van der Waals surface area contributed by atoms with Crippen molar-refractivity contribution in [3.8, 4) is 0 Å². The lowest BCUT2D eigenvalue weighted by Crippen LogP contribution is -2.29. The molecule has 0 aliphatic carbocycles. The lowest BCUT2D eigenvalue weighted by molar-refractivity contribution is 0.0841. The first-order valence-electron chi connectivity index (χ1n) is 8.32. The van der Waals surface area contributed by atoms with E-state index in [1.54, 1.807) is 0 Å². The molecule has 0 saturated carbocycles. The van der Waals surface area contributed by atoms with Crippen molar-refractivity contribution in [3.63, 3.8) is 0 Å². The highest BCUT2D eigenvalue weighted by atomic mass is 79.9. The predicted octanol–water partition coefficient (Wildman–Crippen LogP) is 5.24. The van der Waals surface area contributed by atoms with Crippen LogP contribution in [0.4, 0.5) is 5.69 Å². The number of pyridine rings is 1. The van der Waals surface area contributed by atoms with Crippen LogP contribution in [0.2, 0.25) is 0 Å². The summed E-state index contributed by atoms with van der Waals surface area (Å²) >= 11 is 3.60. The molecule has 1 N–H and O–H groups in total. The molecule has 120 valence electrons. The molecular weight excluding hydrogens is 364 g/mol. The van der Waals surface area contributed by atoms with Crippen molar-refractivity contribution >= 4 is 32.5 Å².